The zero-order valence-corrected chi connectivity index (χ0v) is 14.5. The Balaban J connectivity index is 1.72. The third-order valence-corrected chi connectivity index (χ3v) is 6.54. The summed E-state index contributed by atoms with van der Waals surface area (Å²) in [6.07, 6.45) is 6.73. The highest BCUT2D eigenvalue weighted by atomic mass is 32.2. The second kappa shape index (κ2) is 7.42. The molecule has 9 heteroatoms. The van der Waals surface area contributed by atoms with Gasteiger partial charge in [0.15, 0.2) is 11.5 Å². The van der Waals surface area contributed by atoms with E-state index in [1.807, 2.05) is 4.90 Å². The Morgan fingerprint density at radius 3 is 2.29 bits per heavy atom. The Morgan fingerprint density at radius 1 is 0.875 bits per heavy atom. The molecule has 0 radical (unpaired) electrons. The summed E-state index contributed by atoms with van der Waals surface area (Å²) in [5, 5.41) is 9.18. The van der Waals surface area contributed by atoms with E-state index in [2.05, 4.69) is 16.0 Å². The first-order valence-corrected chi connectivity index (χ1v) is 9.74. The van der Waals surface area contributed by atoms with Crippen LogP contribution in [-0.2, 0) is 10.2 Å². The fraction of sp³-hybridized carbons (Fsp3) is 0.667. The standard InChI is InChI=1S/C15H22N6O2S/c16-13-14-15(18-6-5-17-14)19-7-4-10-21(12-11-19)24(22,23)20-8-2-1-3-9-20/h5-6H,1-4,7-12H2. The van der Waals surface area contributed by atoms with Crippen molar-refractivity contribution < 1.29 is 8.42 Å². The molecule has 0 bridgehead atoms. The van der Waals surface area contributed by atoms with Gasteiger partial charge in [-0.1, -0.05) is 6.42 Å². The summed E-state index contributed by atoms with van der Waals surface area (Å²) in [7, 11) is -3.39. The summed E-state index contributed by atoms with van der Waals surface area (Å²) in [4.78, 5) is 10.2. The molecule has 0 amide bonds. The van der Waals surface area contributed by atoms with Gasteiger partial charge in [-0.05, 0) is 19.3 Å². The molecule has 24 heavy (non-hydrogen) atoms. The summed E-state index contributed by atoms with van der Waals surface area (Å²) in [5.41, 5.74) is 0.282. The van der Waals surface area contributed by atoms with Crippen LogP contribution in [0.3, 0.4) is 0 Å². The first-order chi connectivity index (χ1) is 11.6. The summed E-state index contributed by atoms with van der Waals surface area (Å²) >= 11 is 0. The highest BCUT2D eigenvalue weighted by Gasteiger charge is 2.32. The Morgan fingerprint density at radius 2 is 1.54 bits per heavy atom. The van der Waals surface area contributed by atoms with Crippen LogP contribution in [-0.4, -0.2) is 66.3 Å². The summed E-state index contributed by atoms with van der Waals surface area (Å²) < 4.78 is 28.8. The van der Waals surface area contributed by atoms with E-state index >= 15 is 0 Å². The third kappa shape index (κ3) is 3.50. The number of anilines is 1. The molecule has 2 aliphatic rings. The van der Waals surface area contributed by atoms with Gasteiger partial charge in [-0.2, -0.15) is 22.3 Å². The lowest BCUT2D eigenvalue weighted by molar-refractivity contribution is 0.307. The fourth-order valence-electron chi connectivity index (χ4n) is 3.24. The van der Waals surface area contributed by atoms with Crippen LogP contribution in [0.25, 0.3) is 0 Å². The highest BCUT2D eigenvalue weighted by Crippen LogP contribution is 2.20. The number of hydrogen-bond acceptors (Lipinski definition) is 6. The SMILES string of the molecule is N#Cc1nccnc1N1CCCN(S(=O)(=O)N2CCCCC2)CC1. The largest absolute Gasteiger partial charge is 0.353 e. The summed E-state index contributed by atoms with van der Waals surface area (Å²) in [6, 6.07) is 2.05. The summed E-state index contributed by atoms with van der Waals surface area (Å²) in [5.74, 6) is 0.539. The highest BCUT2D eigenvalue weighted by molar-refractivity contribution is 7.86. The molecule has 0 spiro atoms. The van der Waals surface area contributed by atoms with Gasteiger partial charge in [0.05, 0.1) is 0 Å². The molecule has 8 nitrogen and oxygen atoms in total. The van der Waals surface area contributed by atoms with Crippen molar-refractivity contribution in [1.82, 2.24) is 18.6 Å². The number of rotatable bonds is 3. The van der Waals surface area contributed by atoms with Gasteiger partial charge in [0, 0.05) is 51.7 Å². The maximum absolute atomic E-state index is 12.8. The average molecular weight is 350 g/mol. The van der Waals surface area contributed by atoms with Gasteiger partial charge in [0.25, 0.3) is 10.2 Å². The minimum atomic E-state index is -3.39. The molecule has 0 N–H and O–H groups in total. The maximum atomic E-state index is 12.8. The molecule has 1 aromatic rings. The number of nitrogens with zero attached hydrogens (tertiary/aromatic N) is 6. The molecular weight excluding hydrogens is 328 g/mol. The summed E-state index contributed by atoms with van der Waals surface area (Å²) in [6.45, 7) is 3.31. The van der Waals surface area contributed by atoms with Crippen molar-refractivity contribution in [2.24, 2.45) is 0 Å². The van der Waals surface area contributed by atoms with Crippen molar-refractivity contribution in [3.63, 3.8) is 0 Å². The Labute approximate surface area is 142 Å². The zero-order chi connectivity index (χ0) is 17.0. The second-order valence-electron chi connectivity index (χ2n) is 6.05. The molecule has 0 unspecified atom stereocenters. The third-order valence-electron chi connectivity index (χ3n) is 4.51. The van der Waals surface area contributed by atoms with Crippen LogP contribution in [0.2, 0.25) is 0 Å². The van der Waals surface area contributed by atoms with Crippen LogP contribution >= 0.6 is 0 Å². The second-order valence-corrected chi connectivity index (χ2v) is 7.98. The van der Waals surface area contributed by atoms with Crippen molar-refractivity contribution in [2.45, 2.75) is 25.7 Å². The fourth-order valence-corrected chi connectivity index (χ4v) is 4.95. The van der Waals surface area contributed by atoms with E-state index in [9.17, 15) is 13.7 Å². The minimum absolute atomic E-state index is 0.282. The van der Waals surface area contributed by atoms with E-state index in [0.29, 0.717) is 51.5 Å². The van der Waals surface area contributed by atoms with Crippen molar-refractivity contribution >= 4 is 16.0 Å². The molecule has 0 saturated carbocycles. The Kier molecular flexibility index (Phi) is 5.28. The van der Waals surface area contributed by atoms with Crippen molar-refractivity contribution in [2.75, 3.05) is 44.2 Å². The predicted octanol–water partition coefficient (Wildman–Crippen LogP) is 0.591. The minimum Gasteiger partial charge on any atom is -0.353 e. The number of hydrogen-bond donors (Lipinski definition) is 0. The molecule has 1 aromatic heterocycles. The zero-order valence-electron chi connectivity index (χ0n) is 13.6. The lowest BCUT2D eigenvalue weighted by atomic mass is 10.2. The van der Waals surface area contributed by atoms with Crippen molar-refractivity contribution in [3.8, 4) is 6.07 Å². The Hall–Kier alpha value is -1.76. The van der Waals surface area contributed by atoms with E-state index in [0.717, 1.165) is 19.3 Å². The topological polar surface area (TPSA) is 93.4 Å². The predicted molar refractivity (Wildman–Crippen MR) is 89.5 cm³/mol. The molecule has 2 aliphatic heterocycles. The van der Waals surface area contributed by atoms with Gasteiger partial charge in [0.1, 0.15) is 6.07 Å². The van der Waals surface area contributed by atoms with Crippen LogP contribution in [0.15, 0.2) is 12.4 Å². The van der Waals surface area contributed by atoms with E-state index in [-0.39, 0.29) is 5.69 Å². The van der Waals surface area contributed by atoms with E-state index in [1.54, 1.807) is 14.8 Å². The van der Waals surface area contributed by atoms with Crippen molar-refractivity contribution in [3.05, 3.63) is 18.1 Å². The van der Waals surface area contributed by atoms with Gasteiger partial charge in [-0.25, -0.2) is 9.97 Å². The van der Waals surface area contributed by atoms with Crippen LogP contribution in [0.4, 0.5) is 5.82 Å². The number of piperidine rings is 1. The Bertz CT molecular complexity index is 711. The van der Waals surface area contributed by atoms with Crippen LogP contribution in [0.5, 0.6) is 0 Å². The monoisotopic (exact) mass is 350 g/mol. The molecular formula is C15H22N6O2S. The lowest BCUT2D eigenvalue weighted by Crippen LogP contribution is -2.47. The van der Waals surface area contributed by atoms with E-state index in [4.69, 9.17) is 0 Å². The average Bonchev–Trinajstić information content (AvgIpc) is 2.89. The maximum Gasteiger partial charge on any atom is 0.282 e. The van der Waals surface area contributed by atoms with E-state index < -0.39 is 10.2 Å². The molecule has 2 saturated heterocycles. The van der Waals surface area contributed by atoms with Crippen molar-refractivity contribution in [1.29, 1.82) is 5.26 Å². The van der Waals surface area contributed by atoms with Gasteiger partial charge >= 0.3 is 0 Å². The molecule has 3 rings (SSSR count). The molecule has 2 fully saturated rings. The molecule has 130 valence electrons. The first-order valence-electron chi connectivity index (χ1n) is 8.34. The number of nitriles is 1. The quantitative estimate of drug-likeness (QED) is 0.792. The van der Waals surface area contributed by atoms with Crippen LogP contribution in [0, 0.1) is 11.3 Å². The van der Waals surface area contributed by atoms with E-state index in [1.165, 1.54) is 6.20 Å². The van der Waals surface area contributed by atoms with Crippen LogP contribution in [0.1, 0.15) is 31.4 Å². The number of aromatic nitrogens is 2. The molecule has 0 atom stereocenters. The molecule has 0 aliphatic carbocycles. The molecule has 0 aromatic carbocycles. The van der Waals surface area contributed by atoms with Crippen LogP contribution < -0.4 is 4.90 Å². The normalized spacial score (nSPS) is 21.2. The van der Waals surface area contributed by atoms with Gasteiger partial charge in [-0.15, -0.1) is 0 Å². The smallest absolute Gasteiger partial charge is 0.282 e. The lowest BCUT2D eigenvalue weighted by Gasteiger charge is -2.31. The van der Waals surface area contributed by atoms with Gasteiger partial charge in [0.2, 0.25) is 0 Å². The molecule has 3 heterocycles. The van der Waals surface area contributed by atoms with Gasteiger partial charge in [-0.3, -0.25) is 0 Å². The van der Waals surface area contributed by atoms with Gasteiger partial charge < -0.3 is 4.90 Å². The first kappa shape index (κ1) is 17.1.